The molecule has 1 atom stereocenters. The Morgan fingerprint density at radius 1 is 1.14 bits per heavy atom. The van der Waals surface area contributed by atoms with E-state index in [9.17, 15) is 4.79 Å². The van der Waals surface area contributed by atoms with E-state index in [1.165, 1.54) is 0 Å². The van der Waals surface area contributed by atoms with Crippen LogP contribution in [0, 0.1) is 5.92 Å². The van der Waals surface area contributed by atoms with Gasteiger partial charge in [0.1, 0.15) is 5.75 Å². The molecule has 0 radical (unpaired) electrons. The Balaban J connectivity index is 1.41. The van der Waals surface area contributed by atoms with Crippen molar-refractivity contribution in [2.24, 2.45) is 5.92 Å². The van der Waals surface area contributed by atoms with Crippen molar-refractivity contribution < 1.29 is 9.53 Å². The minimum Gasteiger partial charge on any atom is -0.497 e. The van der Waals surface area contributed by atoms with E-state index in [0.29, 0.717) is 5.91 Å². The van der Waals surface area contributed by atoms with Gasteiger partial charge in [0.05, 0.1) is 7.11 Å². The average molecular weight is 376 g/mol. The third kappa shape index (κ3) is 3.23. The van der Waals surface area contributed by atoms with Crippen LogP contribution in [0.4, 0.5) is 0 Å². The van der Waals surface area contributed by atoms with E-state index in [1.807, 2.05) is 39.9 Å². The molecule has 3 heterocycles. The highest BCUT2D eigenvalue weighted by atomic mass is 16.5. The highest BCUT2D eigenvalue weighted by Crippen LogP contribution is 2.34. The average Bonchev–Trinajstić information content (AvgIpc) is 3.51. The Labute approximate surface area is 164 Å². The molecule has 5 rings (SSSR count). The number of likely N-dealkylation sites (tertiary alicyclic amines) is 1. The Hall–Kier alpha value is -2.89. The first-order chi connectivity index (χ1) is 13.7. The number of methoxy groups -OCH3 is 1. The molecule has 1 aliphatic carbocycles. The molecule has 0 N–H and O–H groups in total. The summed E-state index contributed by atoms with van der Waals surface area (Å²) in [5.74, 6) is 2.50. The number of carbonyl (C=O) groups is 1. The second-order valence-corrected chi connectivity index (χ2v) is 7.82. The minimum atomic E-state index is 0.219. The SMILES string of the molecule is COc1cccc(-c2ccc3nc([C@H]4CCCN(C(=O)C5CC5)C4)nn3c2)c1. The predicted octanol–water partition coefficient (Wildman–Crippen LogP) is 3.52. The summed E-state index contributed by atoms with van der Waals surface area (Å²) in [4.78, 5) is 19.2. The van der Waals surface area contributed by atoms with Crippen molar-refractivity contribution in [3.8, 4) is 16.9 Å². The van der Waals surface area contributed by atoms with E-state index in [2.05, 4.69) is 12.1 Å². The van der Waals surface area contributed by atoms with Crippen LogP contribution in [0.2, 0.25) is 0 Å². The van der Waals surface area contributed by atoms with E-state index < -0.39 is 0 Å². The molecule has 2 aliphatic rings. The van der Waals surface area contributed by atoms with Crippen molar-refractivity contribution in [3.05, 3.63) is 48.4 Å². The fraction of sp³-hybridized carbons (Fsp3) is 0.409. The van der Waals surface area contributed by atoms with Crippen molar-refractivity contribution in [2.45, 2.75) is 31.6 Å². The summed E-state index contributed by atoms with van der Waals surface area (Å²) in [5, 5.41) is 4.76. The molecular weight excluding hydrogens is 352 g/mol. The molecule has 144 valence electrons. The number of benzene rings is 1. The van der Waals surface area contributed by atoms with Gasteiger partial charge in [0.15, 0.2) is 11.5 Å². The van der Waals surface area contributed by atoms with Crippen LogP contribution < -0.4 is 4.74 Å². The number of ether oxygens (including phenoxy) is 1. The Kier molecular flexibility index (Phi) is 4.26. The Morgan fingerprint density at radius 3 is 2.86 bits per heavy atom. The van der Waals surface area contributed by atoms with E-state index in [-0.39, 0.29) is 11.8 Å². The van der Waals surface area contributed by atoms with Crippen molar-refractivity contribution in [1.29, 1.82) is 0 Å². The smallest absolute Gasteiger partial charge is 0.225 e. The van der Waals surface area contributed by atoms with E-state index in [4.69, 9.17) is 14.8 Å². The lowest BCUT2D eigenvalue weighted by atomic mass is 9.97. The quantitative estimate of drug-likeness (QED) is 0.699. The lowest BCUT2D eigenvalue weighted by Crippen LogP contribution is -2.40. The van der Waals surface area contributed by atoms with Crippen LogP contribution in [-0.4, -0.2) is 45.6 Å². The number of carbonyl (C=O) groups excluding carboxylic acids is 1. The minimum absolute atomic E-state index is 0.219. The topological polar surface area (TPSA) is 59.7 Å². The summed E-state index contributed by atoms with van der Waals surface area (Å²) in [7, 11) is 1.67. The normalized spacial score (nSPS) is 19.8. The predicted molar refractivity (Wildman–Crippen MR) is 106 cm³/mol. The summed E-state index contributed by atoms with van der Waals surface area (Å²) in [5.41, 5.74) is 2.99. The van der Waals surface area contributed by atoms with E-state index in [0.717, 1.165) is 67.1 Å². The molecule has 6 nitrogen and oxygen atoms in total. The maximum atomic E-state index is 12.4. The van der Waals surface area contributed by atoms with Crippen LogP contribution >= 0.6 is 0 Å². The molecule has 3 aromatic rings. The van der Waals surface area contributed by atoms with Gasteiger partial charge < -0.3 is 9.64 Å². The first kappa shape index (κ1) is 17.2. The molecule has 2 aromatic heterocycles. The van der Waals surface area contributed by atoms with Crippen LogP contribution in [0.1, 0.15) is 37.4 Å². The maximum Gasteiger partial charge on any atom is 0.225 e. The largest absolute Gasteiger partial charge is 0.497 e. The lowest BCUT2D eigenvalue weighted by Gasteiger charge is -2.31. The second kappa shape index (κ2) is 6.93. The number of amides is 1. The van der Waals surface area contributed by atoms with Gasteiger partial charge in [0.2, 0.25) is 5.91 Å². The molecule has 1 aromatic carbocycles. The van der Waals surface area contributed by atoms with Gasteiger partial charge in [-0.1, -0.05) is 12.1 Å². The summed E-state index contributed by atoms with van der Waals surface area (Å²) >= 11 is 0. The van der Waals surface area contributed by atoms with Gasteiger partial charge >= 0.3 is 0 Å². The maximum absolute atomic E-state index is 12.4. The summed E-state index contributed by atoms with van der Waals surface area (Å²) < 4.78 is 7.18. The molecule has 0 spiro atoms. The van der Waals surface area contributed by atoms with Crippen molar-refractivity contribution in [3.63, 3.8) is 0 Å². The number of fused-ring (bicyclic) bond motifs is 1. The molecule has 0 bridgehead atoms. The fourth-order valence-corrected chi connectivity index (χ4v) is 4.02. The number of aromatic nitrogens is 3. The summed E-state index contributed by atoms with van der Waals surface area (Å²) in [6, 6.07) is 12.1. The number of hydrogen-bond donors (Lipinski definition) is 0. The number of hydrogen-bond acceptors (Lipinski definition) is 4. The van der Waals surface area contributed by atoms with Gasteiger partial charge in [0, 0.05) is 36.7 Å². The summed E-state index contributed by atoms with van der Waals surface area (Å²) in [6.07, 6.45) is 6.18. The van der Waals surface area contributed by atoms with E-state index in [1.54, 1.807) is 7.11 Å². The van der Waals surface area contributed by atoms with Gasteiger partial charge in [0.25, 0.3) is 0 Å². The first-order valence-electron chi connectivity index (χ1n) is 10.0. The van der Waals surface area contributed by atoms with Crippen LogP contribution in [-0.2, 0) is 4.79 Å². The van der Waals surface area contributed by atoms with Crippen molar-refractivity contribution in [2.75, 3.05) is 20.2 Å². The molecule has 6 heteroatoms. The van der Waals surface area contributed by atoms with Crippen LogP contribution in [0.15, 0.2) is 42.6 Å². The summed E-state index contributed by atoms with van der Waals surface area (Å²) in [6.45, 7) is 1.62. The van der Waals surface area contributed by atoms with Gasteiger partial charge in [-0.25, -0.2) is 9.50 Å². The molecule has 1 saturated heterocycles. The third-order valence-corrected chi connectivity index (χ3v) is 5.78. The third-order valence-electron chi connectivity index (χ3n) is 5.78. The van der Waals surface area contributed by atoms with E-state index >= 15 is 0 Å². The standard InChI is InChI=1S/C22H24N4O2/c1-28-19-6-2-4-16(12-19)17-9-10-20-23-21(24-26(20)14-17)18-5-3-11-25(13-18)22(27)15-7-8-15/h2,4,6,9-10,12,14-15,18H,3,5,7-8,11,13H2,1H3/t18-/m0/s1. The number of piperidine rings is 1. The van der Waals surface area contributed by atoms with Crippen LogP contribution in [0.3, 0.4) is 0 Å². The number of nitrogens with zero attached hydrogens (tertiary/aromatic N) is 4. The molecule has 1 saturated carbocycles. The zero-order valence-corrected chi connectivity index (χ0v) is 16.0. The monoisotopic (exact) mass is 376 g/mol. The first-order valence-corrected chi connectivity index (χ1v) is 10.0. The number of rotatable bonds is 4. The molecule has 28 heavy (non-hydrogen) atoms. The van der Waals surface area contributed by atoms with Gasteiger partial charge in [-0.2, -0.15) is 5.10 Å². The molecule has 0 unspecified atom stereocenters. The molecule has 1 aliphatic heterocycles. The van der Waals surface area contributed by atoms with Gasteiger partial charge in [-0.05, 0) is 55.5 Å². The molecular formula is C22H24N4O2. The number of pyridine rings is 1. The second-order valence-electron chi connectivity index (χ2n) is 7.82. The lowest BCUT2D eigenvalue weighted by molar-refractivity contribution is -0.133. The van der Waals surface area contributed by atoms with Crippen molar-refractivity contribution in [1.82, 2.24) is 19.5 Å². The zero-order valence-electron chi connectivity index (χ0n) is 16.0. The van der Waals surface area contributed by atoms with Gasteiger partial charge in [-0.15, -0.1) is 0 Å². The molecule has 2 fully saturated rings. The molecule has 1 amide bonds. The zero-order chi connectivity index (χ0) is 19.1. The van der Waals surface area contributed by atoms with Crippen LogP contribution in [0.25, 0.3) is 16.8 Å². The van der Waals surface area contributed by atoms with Crippen molar-refractivity contribution >= 4 is 11.6 Å². The highest BCUT2D eigenvalue weighted by Gasteiger charge is 2.36. The van der Waals surface area contributed by atoms with Gasteiger partial charge in [-0.3, -0.25) is 4.79 Å². The highest BCUT2D eigenvalue weighted by molar-refractivity contribution is 5.81. The Bertz CT molecular complexity index is 1020. The Morgan fingerprint density at radius 2 is 2.04 bits per heavy atom. The van der Waals surface area contributed by atoms with Crippen LogP contribution in [0.5, 0.6) is 5.75 Å². The fourth-order valence-electron chi connectivity index (χ4n) is 4.02.